The molecule has 0 aromatic heterocycles. The number of hydrogen-bond acceptors (Lipinski definition) is 5. The first kappa shape index (κ1) is 20.6. The third-order valence-corrected chi connectivity index (χ3v) is 4.96. The van der Waals surface area contributed by atoms with Crippen LogP contribution in [-0.2, 0) is 10.0 Å². The lowest BCUT2D eigenvalue weighted by atomic mass is 10.2. The Kier molecular flexibility index (Phi) is 7.06. The van der Waals surface area contributed by atoms with E-state index in [1.54, 1.807) is 48.5 Å². The van der Waals surface area contributed by atoms with Gasteiger partial charge in [0.1, 0.15) is 11.5 Å². The smallest absolute Gasteiger partial charge is 0.251 e. The van der Waals surface area contributed by atoms with Crippen molar-refractivity contribution in [2.24, 2.45) is 0 Å². The number of carbonyl (C=O) groups is 1. The molecule has 0 unspecified atom stereocenters. The average Bonchev–Trinajstić information content (AvgIpc) is 2.65. The van der Waals surface area contributed by atoms with Crippen molar-refractivity contribution >= 4 is 21.6 Å². The van der Waals surface area contributed by atoms with Gasteiger partial charge in [-0.05, 0) is 49.4 Å². The molecule has 0 saturated heterocycles. The quantitative estimate of drug-likeness (QED) is 0.708. The van der Waals surface area contributed by atoms with Gasteiger partial charge in [-0.3, -0.25) is 9.10 Å². The molecule has 0 aliphatic rings. The van der Waals surface area contributed by atoms with E-state index < -0.39 is 10.0 Å². The number of anilines is 1. The first-order chi connectivity index (χ1) is 12.8. The van der Waals surface area contributed by atoms with Gasteiger partial charge in [0.15, 0.2) is 0 Å². The minimum Gasteiger partial charge on any atom is -0.497 e. The Balaban J connectivity index is 2.03. The fourth-order valence-electron chi connectivity index (χ4n) is 2.50. The number of sulfonamides is 1. The lowest BCUT2D eigenvalue weighted by Gasteiger charge is -2.23. The van der Waals surface area contributed by atoms with Crippen LogP contribution in [0.5, 0.6) is 11.5 Å². The summed E-state index contributed by atoms with van der Waals surface area (Å²) >= 11 is 0. The average molecular weight is 392 g/mol. The number of carbonyl (C=O) groups excluding carboxylic acids is 1. The summed E-state index contributed by atoms with van der Waals surface area (Å²) in [6.07, 6.45) is 1.13. The number of rotatable bonds is 9. The molecule has 0 radical (unpaired) electrons. The fourth-order valence-corrected chi connectivity index (χ4v) is 3.43. The Hall–Kier alpha value is -2.74. The molecule has 27 heavy (non-hydrogen) atoms. The molecular weight excluding hydrogens is 368 g/mol. The van der Waals surface area contributed by atoms with Crippen molar-refractivity contribution in [3.63, 3.8) is 0 Å². The zero-order chi connectivity index (χ0) is 19.9. The first-order valence-corrected chi connectivity index (χ1v) is 10.3. The van der Waals surface area contributed by atoms with Gasteiger partial charge in [0.2, 0.25) is 10.0 Å². The Labute approximate surface area is 160 Å². The molecule has 2 aromatic rings. The highest BCUT2D eigenvalue weighted by atomic mass is 32.2. The highest BCUT2D eigenvalue weighted by Crippen LogP contribution is 2.21. The molecule has 0 bridgehead atoms. The Morgan fingerprint density at radius 2 is 1.81 bits per heavy atom. The van der Waals surface area contributed by atoms with E-state index in [4.69, 9.17) is 9.47 Å². The highest BCUT2D eigenvalue weighted by molar-refractivity contribution is 7.92. The van der Waals surface area contributed by atoms with E-state index in [2.05, 4.69) is 5.32 Å². The second-order valence-electron chi connectivity index (χ2n) is 5.75. The van der Waals surface area contributed by atoms with Gasteiger partial charge in [-0.15, -0.1) is 0 Å². The summed E-state index contributed by atoms with van der Waals surface area (Å²) in [5, 5.41) is 2.73. The summed E-state index contributed by atoms with van der Waals surface area (Å²) in [6, 6.07) is 13.5. The number of nitrogens with one attached hydrogen (secondary N) is 1. The molecular formula is C19H24N2O5S. The molecule has 2 rings (SSSR count). The van der Waals surface area contributed by atoms with Gasteiger partial charge in [0, 0.05) is 12.1 Å². The van der Waals surface area contributed by atoms with Crippen LogP contribution in [0.25, 0.3) is 0 Å². The van der Waals surface area contributed by atoms with Crippen LogP contribution in [0.2, 0.25) is 0 Å². The molecule has 1 N–H and O–H groups in total. The van der Waals surface area contributed by atoms with E-state index in [0.29, 0.717) is 29.4 Å². The van der Waals surface area contributed by atoms with Crippen LogP contribution in [0.15, 0.2) is 48.5 Å². The van der Waals surface area contributed by atoms with Crippen LogP contribution < -0.4 is 19.1 Å². The topological polar surface area (TPSA) is 84.9 Å². The van der Waals surface area contributed by atoms with Crippen molar-refractivity contribution in [3.8, 4) is 11.5 Å². The lowest BCUT2D eigenvalue weighted by molar-refractivity contribution is 0.0954. The van der Waals surface area contributed by atoms with E-state index >= 15 is 0 Å². The Morgan fingerprint density at radius 1 is 1.11 bits per heavy atom. The highest BCUT2D eigenvalue weighted by Gasteiger charge is 2.17. The molecule has 0 saturated carbocycles. The number of amides is 1. The summed E-state index contributed by atoms with van der Waals surface area (Å²) in [4.78, 5) is 12.2. The van der Waals surface area contributed by atoms with Gasteiger partial charge in [-0.1, -0.05) is 6.07 Å². The Bertz CT molecular complexity index is 866. The molecule has 0 heterocycles. The zero-order valence-corrected chi connectivity index (χ0v) is 16.5. The molecule has 0 aliphatic heterocycles. The molecule has 8 heteroatoms. The van der Waals surface area contributed by atoms with E-state index in [1.165, 1.54) is 11.4 Å². The van der Waals surface area contributed by atoms with E-state index in [1.807, 2.05) is 6.92 Å². The van der Waals surface area contributed by atoms with E-state index in [-0.39, 0.29) is 19.0 Å². The zero-order valence-electron chi connectivity index (χ0n) is 15.6. The molecule has 0 aliphatic carbocycles. The summed E-state index contributed by atoms with van der Waals surface area (Å²) in [7, 11) is -1.97. The molecule has 0 spiro atoms. The third-order valence-electron chi connectivity index (χ3n) is 3.77. The normalized spacial score (nSPS) is 10.9. The van der Waals surface area contributed by atoms with Crippen molar-refractivity contribution in [1.82, 2.24) is 5.32 Å². The van der Waals surface area contributed by atoms with Crippen molar-refractivity contribution in [1.29, 1.82) is 0 Å². The van der Waals surface area contributed by atoms with Gasteiger partial charge < -0.3 is 14.8 Å². The van der Waals surface area contributed by atoms with Crippen molar-refractivity contribution in [2.45, 2.75) is 6.92 Å². The number of hydrogen-bond donors (Lipinski definition) is 1. The monoisotopic (exact) mass is 392 g/mol. The lowest BCUT2D eigenvalue weighted by Crippen LogP contribution is -2.38. The van der Waals surface area contributed by atoms with Gasteiger partial charge >= 0.3 is 0 Å². The van der Waals surface area contributed by atoms with E-state index in [0.717, 1.165) is 6.26 Å². The van der Waals surface area contributed by atoms with Crippen molar-refractivity contribution in [2.75, 3.05) is 37.4 Å². The maximum absolute atomic E-state index is 12.2. The van der Waals surface area contributed by atoms with Gasteiger partial charge in [0.05, 0.1) is 32.2 Å². The minimum absolute atomic E-state index is 0.114. The van der Waals surface area contributed by atoms with Crippen LogP contribution in [-0.4, -0.2) is 47.4 Å². The second kappa shape index (κ2) is 9.27. The van der Waals surface area contributed by atoms with Crippen LogP contribution in [0.3, 0.4) is 0 Å². The summed E-state index contributed by atoms with van der Waals surface area (Å²) in [5.41, 5.74) is 0.956. The molecule has 2 aromatic carbocycles. The van der Waals surface area contributed by atoms with Crippen LogP contribution in [0, 0.1) is 0 Å². The molecule has 0 fully saturated rings. The van der Waals surface area contributed by atoms with Crippen LogP contribution in [0.4, 0.5) is 5.69 Å². The number of nitrogens with zero attached hydrogens (tertiary/aromatic N) is 1. The maximum Gasteiger partial charge on any atom is 0.251 e. The van der Waals surface area contributed by atoms with Crippen LogP contribution in [0.1, 0.15) is 17.3 Å². The molecule has 0 atom stereocenters. The van der Waals surface area contributed by atoms with Gasteiger partial charge in [-0.2, -0.15) is 0 Å². The number of benzene rings is 2. The fraction of sp³-hybridized carbons (Fsp3) is 0.316. The predicted octanol–water partition coefficient (Wildman–Crippen LogP) is 2.29. The molecule has 1 amide bonds. The van der Waals surface area contributed by atoms with Crippen molar-refractivity contribution < 1.29 is 22.7 Å². The predicted molar refractivity (Wildman–Crippen MR) is 105 cm³/mol. The second-order valence-corrected chi connectivity index (χ2v) is 7.66. The minimum atomic E-state index is -3.50. The number of ether oxygens (including phenoxy) is 2. The van der Waals surface area contributed by atoms with Gasteiger partial charge in [-0.25, -0.2) is 8.42 Å². The molecule has 7 nitrogen and oxygen atoms in total. The summed E-state index contributed by atoms with van der Waals surface area (Å²) < 4.78 is 36.0. The first-order valence-electron chi connectivity index (χ1n) is 8.48. The SMILES string of the molecule is CCOc1ccc(N(CCNC(=O)c2cccc(OC)c2)S(C)(=O)=O)cc1. The summed E-state index contributed by atoms with van der Waals surface area (Å²) in [6.45, 7) is 2.69. The van der Waals surface area contributed by atoms with Crippen molar-refractivity contribution in [3.05, 3.63) is 54.1 Å². The standard InChI is InChI=1S/C19H24N2O5S/c1-4-26-17-10-8-16(9-11-17)21(27(3,23)24)13-12-20-19(22)15-6-5-7-18(14-15)25-2/h5-11,14H,4,12-13H2,1-3H3,(H,20,22). The van der Waals surface area contributed by atoms with Gasteiger partial charge in [0.25, 0.3) is 5.91 Å². The van der Waals surface area contributed by atoms with Crippen LogP contribution >= 0.6 is 0 Å². The molecule has 146 valence electrons. The maximum atomic E-state index is 12.2. The van der Waals surface area contributed by atoms with E-state index in [9.17, 15) is 13.2 Å². The summed E-state index contributed by atoms with van der Waals surface area (Å²) in [5.74, 6) is 0.949. The third kappa shape index (κ3) is 5.89. The Morgan fingerprint density at radius 3 is 2.41 bits per heavy atom. The number of methoxy groups -OCH3 is 1. The largest absolute Gasteiger partial charge is 0.497 e.